The lowest BCUT2D eigenvalue weighted by molar-refractivity contribution is -0.118. The Morgan fingerprint density at radius 2 is 2.07 bits per heavy atom. The lowest BCUT2D eigenvalue weighted by Gasteiger charge is -2.23. The first-order valence-corrected chi connectivity index (χ1v) is 5.30. The minimum atomic E-state index is -0.398. The van der Waals surface area contributed by atoms with E-state index in [1.165, 1.54) is 23.9 Å². The van der Waals surface area contributed by atoms with Gasteiger partial charge < -0.3 is 5.32 Å². The maximum atomic E-state index is 12.7. The van der Waals surface area contributed by atoms with Crippen LogP contribution in [-0.4, -0.2) is 11.7 Å². The monoisotopic (exact) mass is 211 g/mol. The van der Waals surface area contributed by atoms with Crippen molar-refractivity contribution < 1.29 is 9.18 Å². The number of rotatable bonds is 1. The Balaban J connectivity index is 2.30. The zero-order valence-corrected chi connectivity index (χ0v) is 8.53. The highest BCUT2D eigenvalue weighted by Crippen LogP contribution is 2.37. The fraction of sp³-hybridized carbons (Fsp3) is 0.300. The molecule has 1 N–H and O–H groups in total. The standard InChI is InChI=1S/C10H10FNOS/c1-10(12-9(13)6-14-10)7-2-4-8(11)5-3-7/h2-5H,6H2,1H3,(H,12,13)/t10-/m0/s1. The van der Waals surface area contributed by atoms with Gasteiger partial charge in [0.1, 0.15) is 10.7 Å². The third-order valence-corrected chi connectivity index (χ3v) is 3.59. The van der Waals surface area contributed by atoms with E-state index in [2.05, 4.69) is 5.32 Å². The zero-order chi connectivity index (χ0) is 10.2. The average Bonchev–Trinajstić information content (AvgIpc) is 2.48. The molecule has 1 heterocycles. The largest absolute Gasteiger partial charge is 0.337 e. The van der Waals surface area contributed by atoms with Crippen molar-refractivity contribution in [3.8, 4) is 0 Å². The van der Waals surface area contributed by atoms with Crippen molar-refractivity contribution >= 4 is 17.7 Å². The van der Waals surface area contributed by atoms with E-state index in [1.54, 1.807) is 12.1 Å². The van der Waals surface area contributed by atoms with Crippen LogP contribution in [-0.2, 0) is 9.67 Å². The molecule has 1 saturated heterocycles. The average molecular weight is 211 g/mol. The van der Waals surface area contributed by atoms with Crippen LogP contribution in [0.5, 0.6) is 0 Å². The summed E-state index contributed by atoms with van der Waals surface area (Å²) in [5.74, 6) is 0.238. The van der Waals surface area contributed by atoms with E-state index in [-0.39, 0.29) is 11.7 Å². The second-order valence-electron chi connectivity index (χ2n) is 3.38. The molecular weight excluding hydrogens is 201 g/mol. The molecule has 0 unspecified atom stereocenters. The summed E-state index contributed by atoms with van der Waals surface area (Å²) in [4.78, 5) is 10.7. The van der Waals surface area contributed by atoms with Crippen LogP contribution in [0.2, 0.25) is 0 Å². The van der Waals surface area contributed by atoms with E-state index in [1.807, 2.05) is 6.92 Å². The van der Waals surface area contributed by atoms with Crippen LogP contribution >= 0.6 is 11.8 Å². The molecule has 0 bridgehead atoms. The van der Waals surface area contributed by atoms with Crippen LogP contribution in [0.1, 0.15) is 12.5 Å². The van der Waals surface area contributed by atoms with Gasteiger partial charge in [0.25, 0.3) is 0 Å². The van der Waals surface area contributed by atoms with Crippen molar-refractivity contribution in [3.63, 3.8) is 0 Å². The Labute approximate surface area is 85.9 Å². The van der Waals surface area contributed by atoms with Crippen molar-refractivity contribution in [2.75, 3.05) is 5.75 Å². The van der Waals surface area contributed by atoms with Gasteiger partial charge in [-0.2, -0.15) is 0 Å². The summed E-state index contributed by atoms with van der Waals surface area (Å²) in [5, 5.41) is 2.87. The van der Waals surface area contributed by atoms with Gasteiger partial charge >= 0.3 is 0 Å². The molecule has 2 nitrogen and oxygen atoms in total. The summed E-state index contributed by atoms with van der Waals surface area (Å²) in [6.45, 7) is 1.93. The van der Waals surface area contributed by atoms with Gasteiger partial charge in [0.05, 0.1) is 5.75 Å². The molecule has 0 saturated carbocycles. The van der Waals surface area contributed by atoms with Crippen LogP contribution in [0.4, 0.5) is 4.39 Å². The molecule has 74 valence electrons. The second kappa shape index (κ2) is 3.28. The van der Waals surface area contributed by atoms with Gasteiger partial charge in [0, 0.05) is 0 Å². The number of amides is 1. The number of carbonyl (C=O) groups is 1. The number of hydrogen-bond donors (Lipinski definition) is 1. The quantitative estimate of drug-likeness (QED) is 0.768. The first-order chi connectivity index (χ1) is 6.60. The summed E-state index contributed by atoms with van der Waals surface area (Å²) >= 11 is 1.53. The molecule has 0 radical (unpaired) electrons. The number of thioether (sulfide) groups is 1. The van der Waals surface area contributed by atoms with Crippen molar-refractivity contribution in [1.29, 1.82) is 0 Å². The summed E-state index contributed by atoms with van der Waals surface area (Å²) < 4.78 is 12.7. The molecule has 0 aliphatic carbocycles. The highest BCUT2D eigenvalue weighted by Gasteiger charge is 2.35. The highest BCUT2D eigenvalue weighted by atomic mass is 32.2. The highest BCUT2D eigenvalue weighted by molar-refractivity contribution is 8.01. The Kier molecular flexibility index (Phi) is 2.23. The Morgan fingerprint density at radius 3 is 2.57 bits per heavy atom. The number of carbonyl (C=O) groups excluding carboxylic acids is 1. The van der Waals surface area contributed by atoms with Gasteiger partial charge in [0.2, 0.25) is 5.91 Å². The zero-order valence-electron chi connectivity index (χ0n) is 7.71. The molecule has 1 amide bonds. The van der Waals surface area contributed by atoms with E-state index < -0.39 is 4.87 Å². The first-order valence-electron chi connectivity index (χ1n) is 4.31. The molecule has 14 heavy (non-hydrogen) atoms. The van der Waals surface area contributed by atoms with Crippen LogP contribution in [0.3, 0.4) is 0 Å². The molecule has 1 aromatic carbocycles. The number of nitrogens with one attached hydrogen (secondary N) is 1. The fourth-order valence-electron chi connectivity index (χ4n) is 1.47. The maximum Gasteiger partial charge on any atom is 0.231 e. The van der Waals surface area contributed by atoms with Gasteiger partial charge in [-0.1, -0.05) is 12.1 Å². The predicted octanol–water partition coefficient (Wildman–Crippen LogP) is 1.86. The van der Waals surface area contributed by atoms with Gasteiger partial charge in [-0.05, 0) is 24.6 Å². The van der Waals surface area contributed by atoms with Crippen LogP contribution < -0.4 is 5.32 Å². The Bertz CT molecular complexity index is 365. The topological polar surface area (TPSA) is 29.1 Å². The fourth-order valence-corrected chi connectivity index (χ4v) is 2.45. The number of hydrogen-bond acceptors (Lipinski definition) is 2. The van der Waals surface area contributed by atoms with Crippen molar-refractivity contribution in [1.82, 2.24) is 5.32 Å². The molecule has 1 aromatic rings. The molecule has 1 aliphatic rings. The molecule has 1 fully saturated rings. The third kappa shape index (κ3) is 1.62. The summed E-state index contributed by atoms with van der Waals surface area (Å²) in [7, 11) is 0. The van der Waals surface area contributed by atoms with Crippen molar-refractivity contribution in [2.24, 2.45) is 0 Å². The first kappa shape index (κ1) is 9.52. The minimum absolute atomic E-state index is 0.0295. The molecular formula is C10H10FNOS. The Morgan fingerprint density at radius 1 is 1.43 bits per heavy atom. The summed E-state index contributed by atoms with van der Waals surface area (Å²) in [6, 6.07) is 6.22. The number of benzene rings is 1. The van der Waals surface area contributed by atoms with E-state index in [0.717, 1.165) is 5.56 Å². The van der Waals surface area contributed by atoms with E-state index in [9.17, 15) is 9.18 Å². The Hall–Kier alpha value is -1.03. The normalized spacial score (nSPS) is 26.3. The lowest BCUT2D eigenvalue weighted by atomic mass is 10.1. The second-order valence-corrected chi connectivity index (χ2v) is 4.77. The molecule has 0 spiro atoms. The van der Waals surface area contributed by atoms with E-state index in [4.69, 9.17) is 0 Å². The minimum Gasteiger partial charge on any atom is -0.337 e. The lowest BCUT2D eigenvalue weighted by Crippen LogP contribution is -2.33. The van der Waals surface area contributed by atoms with Gasteiger partial charge in [-0.3, -0.25) is 4.79 Å². The molecule has 4 heteroatoms. The van der Waals surface area contributed by atoms with Gasteiger partial charge in [0.15, 0.2) is 0 Å². The van der Waals surface area contributed by atoms with Crippen LogP contribution in [0.15, 0.2) is 24.3 Å². The van der Waals surface area contributed by atoms with E-state index >= 15 is 0 Å². The molecule has 2 rings (SSSR count). The summed E-state index contributed by atoms with van der Waals surface area (Å²) in [5.41, 5.74) is 0.926. The van der Waals surface area contributed by atoms with Gasteiger partial charge in [-0.25, -0.2) is 4.39 Å². The van der Waals surface area contributed by atoms with Crippen LogP contribution in [0, 0.1) is 5.82 Å². The smallest absolute Gasteiger partial charge is 0.231 e. The predicted molar refractivity (Wildman–Crippen MR) is 54.4 cm³/mol. The summed E-state index contributed by atoms with van der Waals surface area (Å²) in [6.07, 6.45) is 0. The molecule has 1 atom stereocenters. The SMILES string of the molecule is C[C@]1(c2ccc(F)cc2)NC(=O)CS1. The molecule has 0 aromatic heterocycles. The third-order valence-electron chi connectivity index (χ3n) is 2.26. The van der Waals surface area contributed by atoms with Gasteiger partial charge in [-0.15, -0.1) is 11.8 Å². The van der Waals surface area contributed by atoms with E-state index in [0.29, 0.717) is 5.75 Å². The molecule has 1 aliphatic heterocycles. The van der Waals surface area contributed by atoms with Crippen molar-refractivity contribution in [3.05, 3.63) is 35.6 Å². The van der Waals surface area contributed by atoms with Crippen molar-refractivity contribution in [2.45, 2.75) is 11.8 Å². The van der Waals surface area contributed by atoms with Crippen LogP contribution in [0.25, 0.3) is 0 Å². The number of halogens is 1. The maximum absolute atomic E-state index is 12.7.